The van der Waals surface area contributed by atoms with Crippen LogP contribution in [-0.2, 0) is 6.42 Å². The molecule has 0 spiro atoms. The second kappa shape index (κ2) is 3.76. The van der Waals surface area contributed by atoms with Crippen molar-refractivity contribution in [2.75, 3.05) is 12.0 Å². The van der Waals surface area contributed by atoms with Gasteiger partial charge in [0, 0.05) is 11.3 Å². The maximum atomic E-state index is 5.54. The summed E-state index contributed by atoms with van der Waals surface area (Å²) in [5.74, 6) is 0.377. The molecule has 1 aromatic heterocycles. The summed E-state index contributed by atoms with van der Waals surface area (Å²) >= 11 is 1.61. The van der Waals surface area contributed by atoms with E-state index < -0.39 is 0 Å². The molecule has 1 aromatic rings. The molecule has 66 valence electrons. The lowest BCUT2D eigenvalue weighted by Crippen LogP contribution is -2.03. The Kier molecular flexibility index (Phi) is 2.92. The molecule has 0 saturated heterocycles. The third-order valence-electron chi connectivity index (χ3n) is 1.75. The minimum absolute atomic E-state index is 0.377. The topological polar surface area (TPSA) is 51.8 Å². The summed E-state index contributed by atoms with van der Waals surface area (Å²) in [5, 5.41) is 0.986. The molecule has 1 heterocycles. The van der Waals surface area contributed by atoms with Crippen LogP contribution in [-0.4, -0.2) is 16.2 Å². The number of aromatic nitrogens is 2. The van der Waals surface area contributed by atoms with Gasteiger partial charge in [0.25, 0.3) is 0 Å². The first-order chi connectivity index (χ1) is 5.69. The summed E-state index contributed by atoms with van der Waals surface area (Å²) in [4.78, 5) is 8.28. The van der Waals surface area contributed by atoms with Crippen molar-refractivity contribution >= 4 is 17.7 Å². The van der Waals surface area contributed by atoms with E-state index in [4.69, 9.17) is 5.73 Å². The van der Waals surface area contributed by atoms with Crippen LogP contribution in [0.5, 0.6) is 0 Å². The van der Waals surface area contributed by atoms with Crippen LogP contribution in [0.15, 0.2) is 5.03 Å². The van der Waals surface area contributed by atoms with Crippen LogP contribution in [0, 0.1) is 6.92 Å². The smallest absolute Gasteiger partial charge is 0.221 e. The van der Waals surface area contributed by atoms with Gasteiger partial charge in [0.15, 0.2) is 0 Å². The van der Waals surface area contributed by atoms with E-state index in [9.17, 15) is 0 Å². The molecule has 4 heteroatoms. The van der Waals surface area contributed by atoms with E-state index in [0.29, 0.717) is 5.95 Å². The largest absolute Gasteiger partial charge is 0.368 e. The van der Waals surface area contributed by atoms with E-state index in [1.54, 1.807) is 11.8 Å². The molecule has 1 rings (SSSR count). The zero-order valence-corrected chi connectivity index (χ0v) is 8.40. The molecule has 0 radical (unpaired) electrons. The first-order valence-corrected chi connectivity index (χ1v) is 5.08. The number of rotatable bonds is 2. The second-order valence-electron chi connectivity index (χ2n) is 2.52. The van der Waals surface area contributed by atoms with Gasteiger partial charge in [-0.2, -0.15) is 0 Å². The van der Waals surface area contributed by atoms with Gasteiger partial charge in [-0.15, -0.1) is 11.8 Å². The highest BCUT2D eigenvalue weighted by atomic mass is 32.2. The van der Waals surface area contributed by atoms with E-state index in [1.807, 2.05) is 13.2 Å². The molecule has 0 aliphatic carbocycles. The van der Waals surface area contributed by atoms with E-state index in [1.165, 1.54) is 0 Å². The van der Waals surface area contributed by atoms with Crippen LogP contribution in [0.3, 0.4) is 0 Å². The highest BCUT2D eigenvalue weighted by Crippen LogP contribution is 2.20. The van der Waals surface area contributed by atoms with E-state index in [0.717, 1.165) is 22.7 Å². The Bertz CT molecular complexity index is 261. The minimum Gasteiger partial charge on any atom is -0.368 e. The molecule has 0 fully saturated rings. The first kappa shape index (κ1) is 9.32. The monoisotopic (exact) mass is 183 g/mol. The molecule has 2 N–H and O–H groups in total. The first-order valence-electron chi connectivity index (χ1n) is 3.86. The van der Waals surface area contributed by atoms with Gasteiger partial charge >= 0.3 is 0 Å². The lowest BCUT2D eigenvalue weighted by Gasteiger charge is -2.06. The molecular formula is C8H13N3S. The van der Waals surface area contributed by atoms with Crippen LogP contribution < -0.4 is 5.73 Å². The summed E-state index contributed by atoms with van der Waals surface area (Å²) in [6, 6.07) is 0. The summed E-state index contributed by atoms with van der Waals surface area (Å²) in [6.45, 7) is 4.10. The summed E-state index contributed by atoms with van der Waals surface area (Å²) in [7, 11) is 0. The molecule has 0 atom stereocenters. The van der Waals surface area contributed by atoms with Gasteiger partial charge in [0.2, 0.25) is 5.95 Å². The fraction of sp³-hybridized carbons (Fsp3) is 0.500. The Balaban J connectivity index is 3.22. The molecular weight excluding hydrogens is 170 g/mol. The van der Waals surface area contributed by atoms with Crippen molar-refractivity contribution < 1.29 is 0 Å². The summed E-state index contributed by atoms with van der Waals surface area (Å²) in [5.41, 5.74) is 7.74. The Hall–Kier alpha value is -0.770. The van der Waals surface area contributed by atoms with Crippen molar-refractivity contribution in [3.05, 3.63) is 11.3 Å². The predicted molar refractivity (Wildman–Crippen MR) is 52.3 cm³/mol. The van der Waals surface area contributed by atoms with Crippen molar-refractivity contribution in [1.29, 1.82) is 0 Å². The second-order valence-corrected chi connectivity index (χ2v) is 3.31. The molecule has 3 nitrogen and oxygen atoms in total. The average molecular weight is 183 g/mol. The van der Waals surface area contributed by atoms with Crippen molar-refractivity contribution in [2.45, 2.75) is 25.3 Å². The maximum Gasteiger partial charge on any atom is 0.221 e. The molecule has 0 aliphatic rings. The van der Waals surface area contributed by atoms with Gasteiger partial charge in [-0.1, -0.05) is 6.92 Å². The number of nitrogens with zero attached hydrogens (tertiary/aromatic N) is 2. The van der Waals surface area contributed by atoms with E-state index in [-0.39, 0.29) is 0 Å². The van der Waals surface area contributed by atoms with Gasteiger partial charge in [0.1, 0.15) is 5.03 Å². The van der Waals surface area contributed by atoms with Crippen LogP contribution >= 0.6 is 11.8 Å². The summed E-state index contributed by atoms with van der Waals surface area (Å²) in [6.07, 6.45) is 2.90. The maximum absolute atomic E-state index is 5.54. The third kappa shape index (κ3) is 1.69. The number of nitrogens with two attached hydrogens (primary N) is 1. The van der Waals surface area contributed by atoms with Crippen LogP contribution in [0.25, 0.3) is 0 Å². The normalized spacial score (nSPS) is 10.2. The van der Waals surface area contributed by atoms with Crippen molar-refractivity contribution in [2.24, 2.45) is 0 Å². The van der Waals surface area contributed by atoms with Crippen molar-refractivity contribution in [3.63, 3.8) is 0 Å². The molecule has 0 bridgehead atoms. The Morgan fingerprint density at radius 2 is 2.08 bits per heavy atom. The molecule has 0 aromatic carbocycles. The van der Waals surface area contributed by atoms with Crippen LogP contribution in [0.4, 0.5) is 5.95 Å². The van der Waals surface area contributed by atoms with Crippen molar-refractivity contribution in [1.82, 2.24) is 9.97 Å². The Morgan fingerprint density at radius 3 is 2.58 bits per heavy atom. The molecule has 0 amide bonds. The van der Waals surface area contributed by atoms with Crippen LogP contribution in [0.2, 0.25) is 0 Å². The molecule has 0 aliphatic heterocycles. The Morgan fingerprint density at radius 1 is 1.42 bits per heavy atom. The van der Waals surface area contributed by atoms with Gasteiger partial charge in [-0.3, -0.25) is 0 Å². The lowest BCUT2D eigenvalue weighted by molar-refractivity contribution is 0.923. The third-order valence-corrected chi connectivity index (χ3v) is 2.53. The highest BCUT2D eigenvalue weighted by Gasteiger charge is 2.06. The Labute approximate surface area is 76.8 Å². The fourth-order valence-corrected chi connectivity index (χ4v) is 1.71. The number of aryl methyl sites for hydroxylation is 1. The average Bonchev–Trinajstić information content (AvgIpc) is 2.08. The minimum atomic E-state index is 0.377. The quantitative estimate of drug-likeness (QED) is 0.559. The fourth-order valence-electron chi connectivity index (χ4n) is 1.10. The number of thioether (sulfide) groups is 1. The summed E-state index contributed by atoms with van der Waals surface area (Å²) < 4.78 is 0. The lowest BCUT2D eigenvalue weighted by atomic mass is 10.2. The molecule has 0 saturated carbocycles. The van der Waals surface area contributed by atoms with Gasteiger partial charge in [-0.05, 0) is 19.6 Å². The zero-order valence-electron chi connectivity index (χ0n) is 7.59. The number of nitrogen functional groups attached to an aromatic ring is 1. The SMILES string of the molecule is CCc1nc(N)nc(SC)c1C. The highest BCUT2D eigenvalue weighted by molar-refractivity contribution is 7.98. The number of hydrogen-bond acceptors (Lipinski definition) is 4. The predicted octanol–water partition coefficient (Wildman–Crippen LogP) is 1.65. The zero-order chi connectivity index (χ0) is 9.14. The standard InChI is InChI=1S/C8H13N3S/c1-4-6-5(2)7(12-3)11-8(9)10-6/h4H2,1-3H3,(H2,9,10,11). The van der Waals surface area contributed by atoms with Gasteiger partial charge in [0.05, 0.1) is 0 Å². The van der Waals surface area contributed by atoms with Gasteiger partial charge in [-0.25, -0.2) is 9.97 Å². The number of hydrogen-bond donors (Lipinski definition) is 1. The molecule has 12 heavy (non-hydrogen) atoms. The van der Waals surface area contributed by atoms with Crippen molar-refractivity contribution in [3.8, 4) is 0 Å². The van der Waals surface area contributed by atoms with Crippen LogP contribution in [0.1, 0.15) is 18.2 Å². The van der Waals surface area contributed by atoms with Gasteiger partial charge < -0.3 is 5.73 Å². The van der Waals surface area contributed by atoms with E-state index in [2.05, 4.69) is 16.9 Å². The molecule has 0 unspecified atom stereocenters. The number of anilines is 1. The van der Waals surface area contributed by atoms with E-state index >= 15 is 0 Å².